The van der Waals surface area contributed by atoms with Crippen LogP contribution in [0.3, 0.4) is 0 Å². The Balaban J connectivity index is 1.78. The van der Waals surface area contributed by atoms with Crippen molar-refractivity contribution in [2.24, 2.45) is 0 Å². The molecule has 0 saturated carbocycles. The Morgan fingerprint density at radius 2 is 1.69 bits per heavy atom. The number of alkyl halides is 3. The zero-order chi connectivity index (χ0) is 26.2. The maximum Gasteiger partial charge on any atom is 0.416 e. The Kier molecular flexibility index (Phi) is 7.23. The molecule has 0 unspecified atom stereocenters. The standard InChI is InChI=1S/C22H19Cl2F3N6O3/c1-12(34)19-28-18(29-33(19)16-5-3-2-4-15(16)24)11-32-21(36)31(10-17(35)22(25,26)27)20(30-32)13-6-8-14(23)9-7-13/h2-9,12,17,34-35H,10-11H2,1H3/t12-,17-/m0/s1. The van der Waals surface area contributed by atoms with Crippen molar-refractivity contribution in [3.63, 3.8) is 0 Å². The molecule has 0 bridgehead atoms. The van der Waals surface area contributed by atoms with Crippen LogP contribution in [0.5, 0.6) is 0 Å². The van der Waals surface area contributed by atoms with Crippen LogP contribution in [0.2, 0.25) is 10.0 Å². The Morgan fingerprint density at radius 3 is 2.31 bits per heavy atom. The molecule has 2 atom stereocenters. The van der Waals surface area contributed by atoms with Crippen LogP contribution in [0.4, 0.5) is 13.2 Å². The summed E-state index contributed by atoms with van der Waals surface area (Å²) in [4.78, 5) is 17.3. The summed E-state index contributed by atoms with van der Waals surface area (Å²) < 4.78 is 42.1. The number of aliphatic hydroxyl groups excluding tert-OH is 2. The van der Waals surface area contributed by atoms with E-state index < -0.39 is 30.6 Å². The Bertz CT molecular complexity index is 1430. The van der Waals surface area contributed by atoms with Gasteiger partial charge in [0, 0.05) is 10.6 Å². The van der Waals surface area contributed by atoms with Gasteiger partial charge in [-0.05, 0) is 43.3 Å². The van der Waals surface area contributed by atoms with Gasteiger partial charge < -0.3 is 10.2 Å². The van der Waals surface area contributed by atoms with E-state index in [1.807, 2.05) is 0 Å². The second-order valence-electron chi connectivity index (χ2n) is 7.86. The molecule has 0 aliphatic carbocycles. The summed E-state index contributed by atoms with van der Waals surface area (Å²) in [5.74, 6) is 0.0776. The smallest absolute Gasteiger partial charge is 0.385 e. The number of hydrogen-bond donors (Lipinski definition) is 2. The van der Waals surface area contributed by atoms with Crippen molar-refractivity contribution in [1.82, 2.24) is 29.1 Å². The normalized spacial score (nSPS) is 13.7. The van der Waals surface area contributed by atoms with Crippen molar-refractivity contribution in [2.45, 2.75) is 38.4 Å². The van der Waals surface area contributed by atoms with Crippen molar-refractivity contribution in [2.75, 3.05) is 0 Å². The van der Waals surface area contributed by atoms with E-state index in [4.69, 9.17) is 23.2 Å². The molecule has 36 heavy (non-hydrogen) atoms. The highest BCUT2D eigenvalue weighted by atomic mass is 35.5. The summed E-state index contributed by atoms with van der Waals surface area (Å²) in [6.07, 6.45) is -8.79. The van der Waals surface area contributed by atoms with Gasteiger partial charge in [-0.1, -0.05) is 35.3 Å². The first-order valence-corrected chi connectivity index (χ1v) is 11.3. The van der Waals surface area contributed by atoms with E-state index in [9.17, 15) is 28.2 Å². The fraction of sp³-hybridized carbons (Fsp3) is 0.273. The van der Waals surface area contributed by atoms with Gasteiger partial charge in [-0.15, -0.1) is 10.2 Å². The summed E-state index contributed by atoms with van der Waals surface area (Å²) in [5.41, 5.74) is -0.179. The van der Waals surface area contributed by atoms with Gasteiger partial charge >= 0.3 is 11.9 Å². The molecule has 4 aromatic rings. The zero-order valence-corrected chi connectivity index (χ0v) is 20.1. The highest BCUT2D eigenvalue weighted by molar-refractivity contribution is 6.32. The molecule has 2 heterocycles. The van der Waals surface area contributed by atoms with Crippen LogP contribution >= 0.6 is 23.2 Å². The molecule has 0 spiro atoms. The summed E-state index contributed by atoms with van der Waals surface area (Å²) in [7, 11) is 0. The lowest BCUT2D eigenvalue weighted by Crippen LogP contribution is -2.37. The van der Waals surface area contributed by atoms with E-state index >= 15 is 0 Å². The Hall–Kier alpha value is -3.19. The van der Waals surface area contributed by atoms with Crippen molar-refractivity contribution in [3.05, 3.63) is 80.7 Å². The molecule has 0 amide bonds. The van der Waals surface area contributed by atoms with Crippen molar-refractivity contribution in [3.8, 4) is 17.1 Å². The number of aromatic nitrogens is 6. The average Bonchev–Trinajstić information content (AvgIpc) is 3.36. The van der Waals surface area contributed by atoms with Gasteiger partial charge in [-0.3, -0.25) is 4.57 Å². The van der Waals surface area contributed by atoms with Gasteiger partial charge in [0.2, 0.25) is 0 Å². The number of benzene rings is 2. The fourth-order valence-electron chi connectivity index (χ4n) is 3.44. The second-order valence-corrected chi connectivity index (χ2v) is 8.71. The minimum absolute atomic E-state index is 0.0524. The maximum atomic E-state index is 13.1. The predicted octanol–water partition coefficient (Wildman–Crippen LogP) is 3.62. The molecule has 9 nitrogen and oxygen atoms in total. The first-order valence-electron chi connectivity index (χ1n) is 10.5. The van der Waals surface area contributed by atoms with Crippen LogP contribution in [0.1, 0.15) is 24.7 Å². The van der Waals surface area contributed by atoms with Gasteiger partial charge in [0.1, 0.15) is 12.6 Å². The van der Waals surface area contributed by atoms with Crippen LogP contribution in [0, 0.1) is 0 Å². The largest absolute Gasteiger partial charge is 0.416 e. The monoisotopic (exact) mass is 542 g/mol. The zero-order valence-electron chi connectivity index (χ0n) is 18.6. The molecular formula is C22H19Cl2F3N6O3. The SMILES string of the molecule is C[C@H](O)c1nc(Cn2nc(-c3ccc(Cl)cc3)n(C[C@H](O)C(F)(F)F)c2=O)nn1-c1ccccc1Cl. The number of para-hydroxylation sites is 1. The Labute approximate surface area is 212 Å². The summed E-state index contributed by atoms with van der Waals surface area (Å²) in [6, 6.07) is 12.7. The number of nitrogens with zero attached hydrogens (tertiary/aromatic N) is 6. The highest BCUT2D eigenvalue weighted by Crippen LogP contribution is 2.25. The first kappa shape index (κ1) is 25.9. The first-order chi connectivity index (χ1) is 17.0. The molecule has 0 fully saturated rings. The number of halogens is 5. The van der Waals surface area contributed by atoms with Crippen molar-refractivity contribution >= 4 is 23.2 Å². The molecule has 190 valence electrons. The van der Waals surface area contributed by atoms with Gasteiger partial charge in [0.15, 0.2) is 23.6 Å². The van der Waals surface area contributed by atoms with Crippen LogP contribution in [0.15, 0.2) is 53.3 Å². The predicted molar refractivity (Wildman–Crippen MR) is 125 cm³/mol. The molecule has 14 heteroatoms. The quantitative estimate of drug-likeness (QED) is 0.369. The van der Waals surface area contributed by atoms with E-state index in [0.717, 1.165) is 9.25 Å². The molecule has 0 radical (unpaired) electrons. The van der Waals surface area contributed by atoms with E-state index in [1.54, 1.807) is 24.3 Å². The molecule has 2 N–H and O–H groups in total. The van der Waals surface area contributed by atoms with Crippen molar-refractivity contribution < 1.29 is 23.4 Å². The minimum atomic E-state index is -4.94. The van der Waals surface area contributed by atoms with E-state index in [0.29, 0.717) is 21.3 Å². The van der Waals surface area contributed by atoms with E-state index in [-0.39, 0.29) is 24.0 Å². The van der Waals surface area contributed by atoms with Gasteiger partial charge in [0.05, 0.1) is 17.3 Å². The van der Waals surface area contributed by atoms with Crippen LogP contribution in [-0.4, -0.2) is 51.6 Å². The minimum Gasteiger partial charge on any atom is -0.385 e. The topological polar surface area (TPSA) is 111 Å². The van der Waals surface area contributed by atoms with Gasteiger partial charge in [-0.25, -0.2) is 19.1 Å². The van der Waals surface area contributed by atoms with Gasteiger partial charge in [0.25, 0.3) is 0 Å². The molecule has 2 aromatic carbocycles. The molecule has 0 aliphatic heterocycles. The maximum absolute atomic E-state index is 13.1. The molecule has 4 rings (SSSR count). The van der Waals surface area contributed by atoms with Crippen LogP contribution in [-0.2, 0) is 13.1 Å². The lowest BCUT2D eigenvalue weighted by Gasteiger charge is -2.15. The molecule has 2 aromatic heterocycles. The van der Waals surface area contributed by atoms with Crippen molar-refractivity contribution in [1.29, 1.82) is 0 Å². The fourth-order valence-corrected chi connectivity index (χ4v) is 3.78. The van der Waals surface area contributed by atoms with E-state index in [1.165, 1.54) is 35.9 Å². The summed E-state index contributed by atoms with van der Waals surface area (Å²) in [5, 5.41) is 29.0. The Morgan fingerprint density at radius 1 is 1.03 bits per heavy atom. The van der Waals surface area contributed by atoms with Crippen LogP contribution < -0.4 is 5.69 Å². The lowest BCUT2D eigenvalue weighted by molar-refractivity contribution is -0.207. The number of aliphatic hydroxyl groups is 2. The van der Waals surface area contributed by atoms with E-state index in [2.05, 4.69) is 15.2 Å². The third-order valence-corrected chi connectivity index (χ3v) is 5.75. The lowest BCUT2D eigenvalue weighted by atomic mass is 10.2. The molecule has 0 aliphatic rings. The van der Waals surface area contributed by atoms with Gasteiger partial charge in [-0.2, -0.15) is 13.2 Å². The highest BCUT2D eigenvalue weighted by Gasteiger charge is 2.39. The third kappa shape index (κ3) is 5.31. The summed E-state index contributed by atoms with van der Waals surface area (Å²) >= 11 is 12.2. The molecule has 0 saturated heterocycles. The third-order valence-electron chi connectivity index (χ3n) is 5.18. The number of hydrogen-bond acceptors (Lipinski definition) is 6. The van der Waals surface area contributed by atoms with Crippen LogP contribution in [0.25, 0.3) is 17.1 Å². The summed E-state index contributed by atoms with van der Waals surface area (Å²) in [6.45, 7) is 0.0750. The second kappa shape index (κ2) is 10.1. The average molecular weight is 543 g/mol. The number of rotatable bonds is 7. The molecular weight excluding hydrogens is 524 g/mol.